The van der Waals surface area contributed by atoms with E-state index in [0.29, 0.717) is 25.7 Å². The van der Waals surface area contributed by atoms with E-state index < -0.39 is 17.7 Å². The van der Waals surface area contributed by atoms with E-state index in [9.17, 15) is 19.8 Å². The number of ketones is 1. The smallest absolute Gasteiger partial charge is 0.303 e. The molecule has 148 valence electrons. The third-order valence-electron chi connectivity index (χ3n) is 5.01. The molecule has 1 aliphatic carbocycles. The molecule has 1 fully saturated rings. The Balaban J connectivity index is 2.58. The number of aliphatic hydroxyl groups excluding tert-OH is 1. The van der Waals surface area contributed by atoms with Crippen LogP contribution in [0.2, 0.25) is 0 Å². The summed E-state index contributed by atoms with van der Waals surface area (Å²) in [5.41, 5.74) is -0.919. The normalized spacial score (nSPS) is 26.0. The van der Waals surface area contributed by atoms with Crippen LogP contribution < -0.4 is 0 Å². The summed E-state index contributed by atoms with van der Waals surface area (Å²) < 4.78 is 0. The van der Waals surface area contributed by atoms with Crippen molar-refractivity contribution in [2.75, 3.05) is 0 Å². The third-order valence-corrected chi connectivity index (χ3v) is 5.01. The molecule has 0 aliphatic heterocycles. The molecule has 0 bridgehead atoms. The molecule has 0 amide bonds. The highest BCUT2D eigenvalue weighted by Gasteiger charge is 2.39. The first-order valence-corrected chi connectivity index (χ1v) is 9.76. The Morgan fingerprint density at radius 3 is 2.65 bits per heavy atom. The largest absolute Gasteiger partial charge is 0.481 e. The van der Waals surface area contributed by atoms with Gasteiger partial charge in [-0.15, -0.1) is 0 Å². The number of rotatable bonds is 12. The molecule has 0 saturated heterocycles. The predicted octanol–water partition coefficient (Wildman–Crippen LogP) is 3.64. The molecule has 5 nitrogen and oxygen atoms in total. The molecule has 5 heteroatoms. The molecule has 1 aliphatic rings. The number of allylic oxidation sites excluding steroid dienone is 2. The Labute approximate surface area is 156 Å². The van der Waals surface area contributed by atoms with Crippen molar-refractivity contribution in [3.63, 3.8) is 0 Å². The fourth-order valence-electron chi connectivity index (χ4n) is 3.39. The summed E-state index contributed by atoms with van der Waals surface area (Å²) in [7, 11) is 0. The van der Waals surface area contributed by atoms with Gasteiger partial charge in [0, 0.05) is 24.7 Å². The van der Waals surface area contributed by atoms with Crippen LogP contribution in [0.1, 0.15) is 71.6 Å². The third kappa shape index (κ3) is 8.28. The summed E-state index contributed by atoms with van der Waals surface area (Å²) in [4.78, 5) is 22.6. The van der Waals surface area contributed by atoms with Gasteiger partial charge >= 0.3 is 5.97 Å². The number of hydrogen-bond acceptors (Lipinski definition) is 4. The lowest BCUT2D eigenvalue weighted by Crippen LogP contribution is -2.23. The molecule has 1 saturated carbocycles. The minimum Gasteiger partial charge on any atom is -0.481 e. The Morgan fingerprint density at radius 1 is 1.27 bits per heavy atom. The number of carbonyl (C=O) groups is 2. The molecule has 0 radical (unpaired) electrons. The van der Waals surface area contributed by atoms with Crippen LogP contribution in [0.25, 0.3) is 0 Å². The van der Waals surface area contributed by atoms with E-state index in [1.165, 1.54) is 0 Å². The van der Waals surface area contributed by atoms with E-state index in [1.807, 2.05) is 18.2 Å². The summed E-state index contributed by atoms with van der Waals surface area (Å²) >= 11 is 0. The topological polar surface area (TPSA) is 94.8 Å². The van der Waals surface area contributed by atoms with Gasteiger partial charge in [0.1, 0.15) is 5.78 Å². The Kier molecular flexibility index (Phi) is 9.81. The monoisotopic (exact) mass is 366 g/mol. The van der Waals surface area contributed by atoms with Gasteiger partial charge in [-0.3, -0.25) is 9.59 Å². The van der Waals surface area contributed by atoms with Gasteiger partial charge in [0.25, 0.3) is 0 Å². The molecule has 0 aromatic carbocycles. The van der Waals surface area contributed by atoms with Crippen molar-refractivity contribution in [1.82, 2.24) is 0 Å². The quantitative estimate of drug-likeness (QED) is 0.362. The van der Waals surface area contributed by atoms with Gasteiger partial charge in [-0.05, 0) is 32.6 Å². The average molecular weight is 366 g/mol. The van der Waals surface area contributed by atoms with E-state index in [4.69, 9.17) is 5.11 Å². The van der Waals surface area contributed by atoms with Crippen molar-refractivity contribution in [3.8, 4) is 0 Å². The van der Waals surface area contributed by atoms with Crippen molar-refractivity contribution in [2.45, 2.75) is 83.3 Å². The molecule has 1 rings (SSSR count). The molecular formula is C21H34O5. The van der Waals surface area contributed by atoms with E-state index in [1.54, 1.807) is 13.0 Å². The first kappa shape index (κ1) is 22.6. The SMILES string of the molecule is CCCCC[C@](C)(O)/C=C/C1[C@H](O)CC(=O)[C@@H]1C/C=C\CCCC(=O)O. The molecule has 1 unspecified atom stereocenters. The van der Waals surface area contributed by atoms with Gasteiger partial charge in [0.05, 0.1) is 11.7 Å². The van der Waals surface area contributed by atoms with E-state index in [-0.39, 0.29) is 30.5 Å². The van der Waals surface area contributed by atoms with Gasteiger partial charge in [-0.1, -0.05) is 50.5 Å². The standard InChI is InChI=1S/C21H34O5/c1-3-4-9-13-21(2,26)14-12-17-16(18(22)15-19(17)23)10-7-5-6-8-11-20(24)25/h5,7,12,14,16-17,19,23,26H,3-4,6,8-11,13,15H2,1-2H3,(H,24,25)/b7-5-,14-12+/t16-,17?,19-,21+/m1/s1. The zero-order valence-corrected chi connectivity index (χ0v) is 16.1. The molecule has 0 aromatic rings. The number of carboxylic acid groups (broad SMARTS) is 1. The molecule has 0 spiro atoms. The van der Waals surface area contributed by atoms with Crippen LogP contribution >= 0.6 is 0 Å². The summed E-state index contributed by atoms with van der Waals surface area (Å²) in [5.74, 6) is -1.30. The summed E-state index contributed by atoms with van der Waals surface area (Å²) in [6.07, 6.45) is 12.5. The number of aliphatic hydroxyl groups is 2. The zero-order valence-electron chi connectivity index (χ0n) is 16.1. The second-order valence-electron chi connectivity index (χ2n) is 7.59. The lowest BCUT2D eigenvalue weighted by Gasteiger charge is -2.21. The molecule has 3 N–H and O–H groups in total. The number of Topliss-reactive ketones (excluding diaryl/α,β-unsaturated/α-hetero) is 1. The second-order valence-corrected chi connectivity index (χ2v) is 7.59. The minimum atomic E-state index is -0.919. The number of aliphatic carboxylic acids is 1. The Bertz CT molecular complexity index is 507. The van der Waals surface area contributed by atoms with Gasteiger partial charge in [0.2, 0.25) is 0 Å². The maximum Gasteiger partial charge on any atom is 0.303 e. The second kappa shape index (κ2) is 11.3. The van der Waals surface area contributed by atoms with Crippen LogP contribution in [0.15, 0.2) is 24.3 Å². The van der Waals surface area contributed by atoms with Crippen LogP contribution in [0.4, 0.5) is 0 Å². The minimum absolute atomic E-state index is 0.0490. The predicted molar refractivity (Wildman–Crippen MR) is 102 cm³/mol. The zero-order chi connectivity index (χ0) is 19.6. The highest BCUT2D eigenvalue weighted by molar-refractivity contribution is 5.84. The molecule has 0 heterocycles. The maximum absolute atomic E-state index is 12.2. The van der Waals surface area contributed by atoms with Crippen LogP contribution in [-0.2, 0) is 9.59 Å². The Hall–Kier alpha value is -1.46. The van der Waals surface area contributed by atoms with Crippen LogP contribution in [0.3, 0.4) is 0 Å². The van der Waals surface area contributed by atoms with Crippen LogP contribution in [-0.4, -0.2) is 38.8 Å². The fourth-order valence-corrected chi connectivity index (χ4v) is 3.39. The van der Waals surface area contributed by atoms with Gasteiger partial charge in [-0.2, -0.15) is 0 Å². The first-order chi connectivity index (χ1) is 12.3. The van der Waals surface area contributed by atoms with E-state index in [2.05, 4.69) is 6.92 Å². The van der Waals surface area contributed by atoms with Crippen molar-refractivity contribution >= 4 is 11.8 Å². The Morgan fingerprint density at radius 2 is 2.00 bits per heavy atom. The fraction of sp³-hybridized carbons (Fsp3) is 0.714. The molecule has 0 aromatic heterocycles. The van der Waals surface area contributed by atoms with E-state index >= 15 is 0 Å². The van der Waals surface area contributed by atoms with E-state index in [0.717, 1.165) is 19.3 Å². The van der Waals surface area contributed by atoms with Gasteiger partial charge in [0.15, 0.2) is 0 Å². The highest BCUT2D eigenvalue weighted by atomic mass is 16.4. The van der Waals surface area contributed by atoms with Crippen molar-refractivity contribution in [1.29, 1.82) is 0 Å². The summed E-state index contributed by atoms with van der Waals surface area (Å²) in [5, 5.41) is 29.3. The summed E-state index contributed by atoms with van der Waals surface area (Å²) in [6, 6.07) is 0. The van der Waals surface area contributed by atoms with Crippen LogP contribution in [0.5, 0.6) is 0 Å². The molecular weight excluding hydrogens is 332 g/mol. The number of hydrogen-bond donors (Lipinski definition) is 3. The molecule has 4 atom stereocenters. The number of carbonyl (C=O) groups excluding carboxylic acids is 1. The lowest BCUT2D eigenvalue weighted by molar-refractivity contribution is -0.137. The maximum atomic E-state index is 12.2. The molecule has 26 heavy (non-hydrogen) atoms. The average Bonchev–Trinajstić information content (AvgIpc) is 2.82. The van der Waals surface area contributed by atoms with Crippen molar-refractivity contribution in [3.05, 3.63) is 24.3 Å². The number of carboxylic acids is 1. The van der Waals surface area contributed by atoms with Gasteiger partial charge < -0.3 is 15.3 Å². The van der Waals surface area contributed by atoms with Crippen molar-refractivity contribution in [2.24, 2.45) is 11.8 Å². The number of unbranched alkanes of at least 4 members (excludes halogenated alkanes) is 3. The highest BCUT2D eigenvalue weighted by Crippen LogP contribution is 2.34. The lowest BCUT2D eigenvalue weighted by atomic mass is 9.88. The van der Waals surface area contributed by atoms with Crippen molar-refractivity contribution < 1.29 is 24.9 Å². The first-order valence-electron chi connectivity index (χ1n) is 9.76. The van der Waals surface area contributed by atoms with Gasteiger partial charge in [-0.25, -0.2) is 0 Å². The summed E-state index contributed by atoms with van der Waals surface area (Å²) in [6.45, 7) is 3.88. The van der Waals surface area contributed by atoms with Crippen LogP contribution in [0, 0.1) is 11.8 Å².